The number of nitrogens with one attached hydrogen (secondary N) is 1. The normalized spacial score (nSPS) is 17.4. The second-order valence-electron chi connectivity index (χ2n) is 7.03. The molecule has 1 aliphatic heterocycles. The van der Waals surface area contributed by atoms with E-state index in [4.69, 9.17) is 17.3 Å². The fourth-order valence-electron chi connectivity index (χ4n) is 3.42. The van der Waals surface area contributed by atoms with Crippen LogP contribution < -0.4 is 11.1 Å². The van der Waals surface area contributed by atoms with Crippen molar-refractivity contribution >= 4 is 29.1 Å². The number of anilines is 1. The summed E-state index contributed by atoms with van der Waals surface area (Å²) in [6.07, 6.45) is 2.15. The summed E-state index contributed by atoms with van der Waals surface area (Å²) >= 11 is 5.95. The van der Waals surface area contributed by atoms with Gasteiger partial charge in [0.05, 0.1) is 12.3 Å². The van der Waals surface area contributed by atoms with Crippen LogP contribution in [0.5, 0.6) is 0 Å². The van der Waals surface area contributed by atoms with E-state index in [-0.39, 0.29) is 24.2 Å². The minimum Gasteiger partial charge on any atom is -0.369 e. The van der Waals surface area contributed by atoms with Gasteiger partial charge < -0.3 is 11.1 Å². The zero-order valence-electron chi connectivity index (χ0n) is 15.2. The van der Waals surface area contributed by atoms with E-state index in [0.717, 1.165) is 42.7 Å². The Morgan fingerprint density at radius 1 is 1.15 bits per heavy atom. The first kappa shape index (κ1) is 19.4. The van der Waals surface area contributed by atoms with Crippen LogP contribution in [0.1, 0.15) is 24.0 Å². The number of nitrogens with two attached hydrogens (primary N) is 1. The monoisotopic (exact) mass is 385 g/mol. The lowest BCUT2D eigenvalue weighted by Gasteiger charge is -2.31. The number of carbonyl (C=O) groups excluding carboxylic acids is 2. The van der Waals surface area contributed by atoms with E-state index in [0.29, 0.717) is 11.6 Å². The second-order valence-corrected chi connectivity index (χ2v) is 7.46. The van der Waals surface area contributed by atoms with Crippen molar-refractivity contribution in [2.45, 2.75) is 25.8 Å². The highest BCUT2D eigenvalue weighted by Gasteiger charge is 2.23. The highest BCUT2D eigenvalue weighted by molar-refractivity contribution is 6.30. The zero-order valence-corrected chi connectivity index (χ0v) is 15.9. The Bertz CT molecular complexity index is 807. The predicted molar refractivity (Wildman–Crippen MR) is 107 cm³/mol. The number of benzene rings is 2. The molecule has 142 valence electrons. The fraction of sp³-hybridized carbons (Fsp3) is 0.333. The number of carbonyl (C=O) groups is 2. The van der Waals surface area contributed by atoms with Crippen LogP contribution in [0.2, 0.25) is 5.02 Å². The topological polar surface area (TPSA) is 75.4 Å². The summed E-state index contributed by atoms with van der Waals surface area (Å²) in [7, 11) is 0. The molecular formula is C21H24ClN3O2. The molecule has 0 saturated carbocycles. The van der Waals surface area contributed by atoms with Gasteiger partial charge in [-0.25, -0.2) is 0 Å². The van der Waals surface area contributed by atoms with Gasteiger partial charge in [-0.1, -0.05) is 35.9 Å². The minimum atomic E-state index is -0.211. The average Bonchev–Trinajstić information content (AvgIpc) is 2.63. The summed E-state index contributed by atoms with van der Waals surface area (Å²) in [5.74, 6) is -0.341. The Hall–Kier alpha value is -2.37. The smallest absolute Gasteiger partial charge is 0.228 e. The van der Waals surface area contributed by atoms with Gasteiger partial charge in [-0.2, -0.15) is 0 Å². The predicted octanol–water partition coefficient (Wildman–Crippen LogP) is 3.22. The van der Waals surface area contributed by atoms with Crippen molar-refractivity contribution in [2.75, 3.05) is 18.4 Å². The number of hydrogen-bond donors (Lipinski definition) is 2. The van der Waals surface area contributed by atoms with Gasteiger partial charge in [-0.15, -0.1) is 0 Å². The standard InChI is InChI=1S/C21H24ClN3O2/c22-18-5-1-3-16(11-18)12-20(26)24-19-8-6-15(7-9-19)13-25-10-2-4-17(14-25)21(23)27/h1,3,5-9,11,17H,2,4,10,12-14H2,(H2,23,27)(H,24,26). The maximum atomic E-state index is 12.2. The van der Waals surface area contributed by atoms with Crippen LogP contribution in [0.3, 0.4) is 0 Å². The van der Waals surface area contributed by atoms with Crippen LogP contribution in [0, 0.1) is 5.92 Å². The van der Waals surface area contributed by atoms with E-state index in [2.05, 4.69) is 10.2 Å². The van der Waals surface area contributed by atoms with Crippen molar-refractivity contribution in [2.24, 2.45) is 11.7 Å². The van der Waals surface area contributed by atoms with E-state index in [1.54, 1.807) is 12.1 Å². The number of nitrogens with zero attached hydrogens (tertiary/aromatic N) is 1. The van der Waals surface area contributed by atoms with Gasteiger partial charge in [0.15, 0.2) is 0 Å². The van der Waals surface area contributed by atoms with Crippen molar-refractivity contribution in [1.82, 2.24) is 4.90 Å². The van der Waals surface area contributed by atoms with Gasteiger partial charge in [0, 0.05) is 23.8 Å². The SMILES string of the molecule is NC(=O)C1CCCN(Cc2ccc(NC(=O)Cc3cccc(Cl)c3)cc2)C1. The Kier molecular flexibility index (Phi) is 6.48. The molecule has 1 unspecified atom stereocenters. The quantitative estimate of drug-likeness (QED) is 0.801. The van der Waals surface area contributed by atoms with Crippen molar-refractivity contribution in [3.05, 3.63) is 64.7 Å². The molecule has 0 aliphatic carbocycles. The Balaban J connectivity index is 1.52. The number of likely N-dealkylation sites (tertiary alicyclic amines) is 1. The molecule has 5 nitrogen and oxygen atoms in total. The summed E-state index contributed by atoms with van der Waals surface area (Å²) < 4.78 is 0. The van der Waals surface area contributed by atoms with Gasteiger partial charge in [0.1, 0.15) is 0 Å². The van der Waals surface area contributed by atoms with Crippen molar-refractivity contribution in [3.8, 4) is 0 Å². The number of hydrogen-bond acceptors (Lipinski definition) is 3. The molecule has 27 heavy (non-hydrogen) atoms. The van der Waals surface area contributed by atoms with Crippen molar-refractivity contribution < 1.29 is 9.59 Å². The number of piperidine rings is 1. The molecule has 1 saturated heterocycles. The molecule has 1 aliphatic rings. The number of rotatable bonds is 6. The molecule has 0 radical (unpaired) electrons. The van der Waals surface area contributed by atoms with Crippen LogP contribution in [-0.4, -0.2) is 29.8 Å². The van der Waals surface area contributed by atoms with E-state index in [9.17, 15) is 9.59 Å². The van der Waals surface area contributed by atoms with Gasteiger partial charge in [-0.05, 0) is 54.8 Å². The molecule has 0 spiro atoms. The zero-order chi connectivity index (χ0) is 19.2. The molecule has 2 aromatic carbocycles. The highest BCUT2D eigenvalue weighted by Crippen LogP contribution is 2.19. The Morgan fingerprint density at radius 2 is 1.93 bits per heavy atom. The first-order valence-electron chi connectivity index (χ1n) is 9.14. The summed E-state index contributed by atoms with van der Waals surface area (Å²) in [6.45, 7) is 2.47. The van der Waals surface area contributed by atoms with E-state index < -0.39 is 0 Å². The maximum Gasteiger partial charge on any atom is 0.228 e. The molecule has 2 amide bonds. The molecule has 3 rings (SSSR count). The van der Waals surface area contributed by atoms with E-state index in [1.165, 1.54) is 0 Å². The highest BCUT2D eigenvalue weighted by atomic mass is 35.5. The lowest BCUT2D eigenvalue weighted by Crippen LogP contribution is -2.40. The summed E-state index contributed by atoms with van der Waals surface area (Å²) in [6, 6.07) is 15.1. The van der Waals surface area contributed by atoms with Crippen LogP contribution in [-0.2, 0) is 22.6 Å². The van der Waals surface area contributed by atoms with Crippen molar-refractivity contribution in [3.63, 3.8) is 0 Å². The lowest BCUT2D eigenvalue weighted by atomic mass is 9.97. The third-order valence-electron chi connectivity index (χ3n) is 4.81. The molecule has 6 heteroatoms. The molecule has 2 aromatic rings. The first-order chi connectivity index (χ1) is 13.0. The van der Waals surface area contributed by atoms with Crippen molar-refractivity contribution in [1.29, 1.82) is 0 Å². The average molecular weight is 386 g/mol. The Morgan fingerprint density at radius 3 is 2.63 bits per heavy atom. The molecule has 0 aromatic heterocycles. The largest absolute Gasteiger partial charge is 0.369 e. The van der Waals surface area contributed by atoms with Gasteiger partial charge >= 0.3 is 0 Å². The second kappa shape index (κ2) is 9.02. The first-order valence-corrected chi connectivity index (χ1v) is 9.52. The molecule has 1 atom stereocenters. The molecule has 1 fully saturated rings. The van der Waals surface area contributed by atoms with Crippen LogP contribution in [0.4, 0.5) is 5.69 Å². The van der Waals surface area contributed by atoms with Crippen LogP contribution >= 0.6 is 11.6 Å². The number of primary amides is 1. The van der Waals surface area contributed by atoms with Crippen LogP contribution in [0.15, 0.2) is 48.5 Å². The Labute approximate surface area is 164 Å². The fourth-order valence-corrected chi connectivity index (χ4v) is 3.63. The molecule has 1 heterocycles. The lowest BCUT2D eigenvalue weighted by molar-refractivity contribution is -0.123. The summed E-state index contributed by atoms with van der Waals surface area (Å²) in [5, 5.41) is 3.53. The van der Waals surface area contributed by atoms with Gasteiger partial charge in [0.25, 0.3) is 0 Å². The van der Waals surface area contributed by atoms with Gasteiger partial charge in [-0.3, -0.25) is 14.5 Å². The third-order valence-corrected chi connectivity index (χ3v) is 5.04. The molecule has 3 N–H and O–H groups in total. The maximum absolute atomic E-state index is 12.2. The molecule has 0 bridgehead atoms. The van der Waals surface area contributed by atoms with Crippen LogP contribution in [0.25, 0.3) is 0 Å². The summed E-state index contributed by atoms with van der Waals surface area (Å²) in [5.41, 5.74) is 8.23. The summed E-state index contributed by atoms with van der Waals surface area (Å²) in [4.78, 5) is 25.8. The molecular weight excluding hydrogens is 362 g/mol. The number of halogens is 1. The van der Waals surface area contributed by atoms with E-state index >= 15 is 0 Å². The van der Waals surface area contributed by atoms with Gasteiger partial charge in [0.2, 0.25) is 11.8 Å². The minimum absolute atomic E-state index is 0.0520. The van der Waals surface area contributed by atoms with E-state index in [1.807, 2.05) is 36.4 Å². The number of amides is 2. The third kappa shape index (κ3) is 5.81.